The van der Waals surface area contributed by atoms with Gasteiger partial charge in [0.15, 0.2) is 0 Å². The van der Waals surface area contributed by atoms with Gasteiger partial charge in [0.05, 0.1) is 0 Å². The normalized spacial score (nSPS) is 12.4. The summed E-state index contributed by atoms with van der Waals surface area (Å²) in [6.07, 6.45) is 0. The van der Waals surface area contributed by atoms with Crippen molar-refractivity contribution in [1.82, 2.24) is 5.32 Å². The summed E-state index contributed by atoms with van der Waals surface area (Å²) in [5.41, 5.74) is 1.39. The Hall–Kier alpha value is -1.58. The first kappa shape index (κ1) is 13.8. The van der Waals surface area contributed by atoms with Gasteiger partial charge in [-0.25, -0.2) is 4.39 Å². The molecule has 2 aromatic carbocycles. The van der Waals surface area contributed by atoms with Crippen LogP contribution in [-0.2, 0) is 6.54 Å². The van der Waals surface area contributed by atoms with Crippen LogP contribution in [0.15, 0.2) is 42.5 Å². The van der Waals surface area contributed by atoms with Crippen molar-refractivity contribution in [3.05, 3.63) is 64.4 Å². The highest BCUT2D eigenvalue weighted by molar-refractivity contribution is 6.31. The lowest BCUT2D eigenvalue weighted by molar-refractivity contribution is 0.471. The van der Waals surface area contributed by atoms with Gasteiger partial charge in [-0.05, 0) is 36.8 Å². The van der Waals surface area contributed by atoms with Gasteiger partial charge >= 0.3 is 0 Å². The first-order valence-corrected chi connectivity index (χ1v) is 6.41. The lowest BCUT2D eigenvalue weighted by Gasteiger charge is -2.15. The van der Waals surface area contributed by atoms with E-state index in [-0.39, 0.29) is 17.6 Å². The van der Waals surface area contributed by atoms with Crippen molar-refractivity contribution in [1.29, 1.82) is 0 Å². The molecule has 0 saturated carbocycles. The summed E-state index contributed by atoms with van der Waals surface area (Å²) in [6, 6.07) is 11.6. The summed E-state index contributed by atoms with van der Waals surface area (Å²) in [7, 11) is 0. The van der Waals surface area contributed by atoms with Gasteiger partial charge in [0.2, 0.25) is 0 Å². The van der Waals surface area contributed by atoms with Crippen molar-refractivity contribution in [3.8, 4) is 5.75 Å². The van der Waals surface area contributed by atoms with Crippen LogP contribution in [0.2, 0.25) is 5.02 Å². The van der Waals surface area contributed by atoms with Crippen LogP contribution in [0.25, 0.3) is 0 Å². The van der Waals surface area contributed by atoms with Gasteiger partial charge in [-0.2, -0.15) is 0 Å². The van der Waals surface area contributed by atoms with E-state index in [1.807, 2.05) is 13.0 Å². The van der Waals surface area contributed by atoms with Crippen molar-refractivity contribution < 1.29 is 9.50 Å². The Labute approximate surface area is 116 Å². The number of hydrogen-bond donors (Lipinski definition) is 2. The third-order valence-electron chi connectivity index (χ3n) is 3.02. The molecular weight excluding hydrogens is 265 g/mol. The monoisotopic (exact) mass is 279 g/mol. The molecule has 1 unspecified atom stereocenters. The van der Waals surface area contributed by atoms with E-state index in [0.717, 1.165) is 5.56 Å². The molecule has 4 heteroatoms. The minimum absolute atomic E-state index is 0.0113. The second kappa shape index (κ2) is 6.04. The van der Waals surface area contributed by atoms with Gasteiger partial charge in [-0.1, -0.05) is 29.8 Å². The Kier molecular flexibility index (Phi) is 4.40. The van der Waals surface area contributed by atoms with E-state index in [1.165, 1.54) is 6.07 Å². The number of rotatable bonds is 4. The van der Waals surface area contributed by atoms with Crippen LogP contribution in [0.5, 0.6) is 5.75 Å². The van der Waals surface area contributed by atoms with E-state index in [9.17, 15) is 9.50 Å². The Morgan fingerprint density at radius 3 is 2.68 bits per heavy atom. The summed E-state index contributed by atoms with van der Waals surface area (Å²) in [4.78, 5) is 0. The van der Waals surface area contributed by atoms with E-state index in [0.29, 0.717) is 17.1 Å². The molecule has 0 heterocycles. The molecule has 19 heavy (non-hydrogen) atoms. The molecule has 0 aliphatic carbocycles. The third kappa shape index (κ3) is 3.46. The summed E-state index contributed by atoms with van der Waals surface area (Å²) in [6.45, 7) is 2.28. The molecule has 0 aromatic heterocycles. The van der Waals surface area contributed by atoms with E-state index in [1.54, 1.807) is 30.3 Å². The predicted molar refractivity (Wildman–Crippen MR) is 74.8 cm³/mol. The van der Waals surface area contributed by atoms with Gasteiger partial charge in [-0.3, -0.25) is 0 Å². The minimum atomic E-state index is -0.317. The topological polar surface area (TPSA) is 32.3 Å². The molecule has 0 bridgehead atoms. The van der Waals surface area contributed by atoms with Crippen molar-refractivity contribution in [2.75, 3.05) is 0 Å². The molecule has 2 N–H and O–H groups in total. The zero-order valence-electron chi connectivity index (χ0n) is 10.5. The second-order valence-electron chi connectivity index (χ2n) is 4.40. The summed E-state index contributed by atoms with van der Waals surface area (Å²) >= 11 is 5.96. The van der Waals surface area contributed by atoms with Crippen LogP contribution in [-0.4, -0.2) is 5.11 Å². The average molecular weight is 280 g/mol. The fourth-order valence-electron chi connectivity index (χ4n) is 1.87. The first-order valence-electron chi connectivity index (χ1n) is 6.03. The van der Waals surface area contributed by atoms with Crippen LogP contribution in [0, 0.1) is 5.82 Å². The molecule has 2 rings (SSSR count). The molecule has 1 atom stereocenters. The summed E-state index contributed by atoms with van der Waals surface area (Å²) in [5, 5.41) is 13.0. The van der Waals surface area contributed by atoms with E-state index >= 15 is 0 Å². The molecule has 0 saturated heterocycles. The largest absolute Gasteiger partial charge is 0.508 e. The van der Waals surface area contributed by atoms with E-state index in [4.69, 9.17) is 11.6 Å². The lowest BCUT2D eigenvalue weighted by Crippen LogP contribution is -2.19. The highest BCUT2D eigenvalue weighted by Crippen LogP contribution is 2.21. The molecule has 0 amide bonds. The van der Waals surface area contributed by atoms with Crippen LogP contribution in [0.3, 0.4) is 0 Å². The zero-order valence-corrected chi connectivity index (χ0v) is 11.3. The minimum Gasteiger partial charge on any atom is -0.508 e. The number of phenolic OH excluding ortho intramolecular Hbond substituents is 1. The smallest absolute Gasteiger partial charge is 0.129 e. The van der Waals surface area contributed by atoms with Crippen LogP contribution in [0.4, 0.5) is 4.39 Å². The predicted octanol–water partition coefficient (Wildman–Crippen LogP) is 4.04. The molecule has 0 fully saturated rings. The molecular formula is C15H15ClFNO. The van der Waals surface area contributed by atoms with Gasteiger partial charge in [0.25, 0.3) is 0 Å². The Bertz CT molecular complexity index is 554. The van der Waals surface area contributed by atoms with Gasteiger partial charge in [-0.15, -0.1) is 0 Å². The molecule has 2 nitrogen and oxygen atoms in total. The van der Waals surface area contributed by atoms with Crippen molar-refractivity contribution in [3.63, 3.8) is 0 Å². The molecule has 0 aliphatic rings. The maximum absolute atomic E-state index is 13.6. The third-order valence-corrected chi connectivity index (χ3v) is 3.37. The van der Waals surface area contributed by atoms with Crippen LogP contribution >= 0.6 is 11.6 Å². The molecule has 100 valence electrons. The lowest BCUT2D eigenvalue weighted by atomic mass is 10.1. The van der Waals surface area contributed by atoms with Crippen LogP contribution in [0.1, 0.15) is 24.1 Å². The maximum Gasteiger partial charge on any atom is 0.129 e. The van der Waals surface area contributed by atoms with Crippen molar-refractivity contribution >= 4 is 11.6 Å². The van der Waals surface area contributed by atoms with E-state index < -0.39 is 0 Å². The maximum atomic E-state index is 13.6. The number of hydrogen-bond acceptors (Lipinski definition) is 2. The molecule has 0 spiro atoms. The molecule has 2 aromatic rings. The van der Waals surface area contributed by atoms with Gasteiger partial charge < -0.3 is 10.4 Å². The number of benzene rings is 2. The quantitative estimate of drug-likeness (QED) is 0.885. The van der Waals surface area contributed by atoms with Gasteiger partial charge in [0, 0.05) is 23.2 Å². The molecule has 0 aliphatic heterocycles. The molecule has 0 radical (unpaired) electrons. The number of halogens is 2. The Balaban J connectivity index is 2.06. The Morgan fingerprint density at radius 2 is 2.00 bits per heavy atom. The number of phenols is 1. The van der Waals surface area contributed by atoms with Crippen LogP contribution < -0.4 is 5.32 Å². The summed E-state index contributed by atoms with van der Waals surface area (Å²) in [5.74, 6) is -0.0989. The average Bonchev–Trinajstić information content (AvgIpc) is 2.38. The van der Waals surface area contributed by atoms with E-state index in [2.05, 4.69) is 5.32 Å². The summed E-state index contributed by atoms with van der Waals surface area (Å²) < 4.78 is 13.6. The zero-order chi connectivity index (χ0) is 13.8. The fourth-order valence-corrected chi connectivity index (χ4v) is 2.10. The van der Waals surface area contributed by atoms with Gasteiger partial charge in [0.1, 0.15) is 11.6 Å². The first-order chi connectivity index (χ1) is 9.08. The highest BCUT2D eigenvalue weighted by Gasteiger charge is 2.10. The number of aromatic hydroxyl groups is 1. The highest BCUT2D eigenvalue weighted by atomic mass is 35.5. The Morgan fingerprint density at radius 1 is 1.26 bits per heavy atom. The van der Waals surface area contributed by atoms with Crippen molar-refractivity contribution in [2.45, 2.75) is 19.5 Å². The fraction of sp³-hybridized carbons (Fsp3) is 0.200. The number of nitrogens with one attached hydrogen (secondary N) is 1. The standard InChI is InChI=1S/C15H15ClFNO/c1-10(11-4-2-5-12(19)8-11)18-9-13-14(16)6-3-7-15(13)17/h2-8,10,18-19H,9H2,1H3. The second-order valence-corrected chi connectivity index (χ2v) is 4.80. The van der Waals surface area contributed by atoms with Crippen molar-refractivity contribution in [2.24, 2.45) is 0 Å². The SMILES string of the molecule is CC(NCc1c(F)cccc1Cl)c1cccc(O)c1.